The van der Waals surface area contributed by atoms with E-state index in [0.717, 1.165) is 6.54 Å². The zero-order chi connectivity index (χ0) is 13.1. The van der Waals surface area contributed by atoms with Crippen molar-refractivity contribution in [1.29, 1.82) is 0 Å². The first kappa shape index (κ1) is 15.9. The highest BCUT2D eigenvalue weighted by atomic mass is 16.3. The third-order valence-electron chi connectivity index (χ3n) is 2.27. The number of rotatable bonds is 9. The van der Waals surface area contributed by atoms with E-state index in [-0.39, 0.29) is 18.4 Å². The molecule has 0 aromatic carbocycles. The molecule has 0 radical (unpaired) electrons. The number of nitrogens with zero attached hydrogens (tertiary/aromatic N) is 1. The van der Waals surface area contributed by atoms with E-state index in [4.69, 9.17) is 5.11 Å². The van der Waals surface area contributed by atoms with Gasteiger partial charge in [-0.1, -0.05) is 6.92 Å². The van der Waals surface area contributed by atoms with Crippen LogP contribution in [-0.2, 0) is 9.59 Å². The Kier molecular flexibility index (Phi) is 9.37. The van der Waals surface area contributed by atoms with E-state index in [1.165, 1.54) is 6.92 Å². The van der Waals surface area contributed by atoms with Gasteiger partial charge in [0.2, 0.25) is 11.8 Å². The van der Waals surface area contributed by atoms with Crippen LogP contribution in [0.5, 0.6) is 0 Å². The molecule has 0 aromatic heterocycles. The summed E-state index contributed by atoms with van der Waals surface area (Å²) in [6, 6.07) is 0. The van der Waals surface area contributed by atoms with Crippen LogP contribution in [0.25, 0.3) is 0 Å². The number of hydrogen-bond acceptors (Lipinski definition) is 4. The molecule has 0 unspecified atom stereocenters. The lowest BCUT2D eigenvalue weighted by Crippen LogP contribution is -2.40. The van der Waals surface area contributed by atoms with Crippen molar-refractivity contribution < 1.29 is 14.7 Å². The van der Waals surface area contributed by atoms with Gasteiger partial charge in [0.25, 0.3) is 0 Å². The fourth-order valence-corrected chi connectivity index (χ4v) is 1.34. The van der Waals surface area contributed by atoms with Gasteiger partial charge in [-0.05, 0) is 13.0 Å². The predicted octanol–water partition coefficient (Wildman–Crippen LogP) is -1.06. The number of nitrogens with one attached hydrogen (secondary N) is 2. The smallest absolute Gasteiger partial charge is 0.234 e. The van der Waals surface area contributed by atoms with Crippen LogP contribution in [0.15, 0.2) is 0 Å². The summed E-state index contributed by atoms with van der Waals surface area (Å²) in [6.45, 7) is 6.26. The van der Waals surface area contributed by atoms with Crippen LogP contribution in [-0.4, -0.2) is 61.2 Å². The van der Waals surface area contributed by atoms with Crippen LogP contribution in [0.3, 0.4) is 0 Å². The summed E-state index contributed by atoms with van der Waals surface area (Å²) in [5.74, 6) is -0.160. The summed E-state index contributed by atoms with van der Waals surface area (Å²) in [5.41, 5.74) is 0. The molecule has 0 bridgehead atoms. The quantitative estimate of drug-likeness (QED) is 0.452. The Morgan fingerprint density at radius 3 is 2.41 bits per heavy atom. The van der Waals surface area contributed by atoms with E-state index in [0.29, 0.717) is 32.6 Å². The van der Waals surface area contributed by atoms with E-state index in [1.807, 2.05) is 11.8 Å². The van der Waals surface area contributed by atoms with Crippen molar-refractivity contribution in [3.05, 3.63) is 0 Å². The minimum atomic E-state index is -0.0996. The van der Waals surface area contributed by atoms with E-state index in [1.54, 1.807) is 0 Å². The number of hydrogen-bond donors (Lipinski definition) is 3. The van der Waals surface area contributed by atoms with E-state index in [2.05, 4.69) is 10.6 Å². The van der Waals surface area contributed by atoms with Gasteiger partial charge in [0.05, 0.1) is 6.54 Å². The normalized spacial score (nSPS) is 10.4. The molecule has 0 rings (SSSR count). The summed E-state index contributed by atoms with van der Waals surface area (Å²) >= 11 is 0. The van der Waals surface area contributed by atoms with Gasteiger partial charge in [0.1, 0.15) is 0 Å². The lowest BCUT2D eigenvalue weighted by atomic mass is 10.3. The van der Waals surface area contributed by atoms with Crippen molar-refractivity contribution in [2.24, 2.45) is 0 Å². The number of carbonyl (C=O) groups excluding carboxylic acids is 2. The molecule has 100 valence electrons. The summed E-state index contributed by atoms with van der Waals surface area (Å²) in [6.07, 6.45) is 0.674. The molecule has 0 heterocycles. The van der Waals surface area contributed by atoms with Crippen molar-refractivity contribution >= 4 is 11.8 Å². The van der Waals surface area contributed by atoms with E-state index >= 15 is 0 Å². The van der Waals surface area contributed by atoms with E-state index < -0.39 is 0 Å². The Balaban J connectivity index is 3.64. The number of aliphatic hydroxyl groups is 1. The fourth-order valence-electron chi connectivity index (χ4n) is 1.34. The van der Waals surface area contributed by atoms with Crippen molar-refractivity contribution in [3.63, 3.8) is 0 Å². The average Bonchev–Trinajstić information content (AvgIpc) is 2.29. The molecule has 0 aliphatic carbocycles. The van der Waals surface area contributed by atoms with E-state index in [9.17, 15) is 9.59 Å². The number of aliphatic hydroxyl groups excluding tert-OH is 1. The maximum absolute atomic E-state index is 11.5. The lowest BCUT2D eigenvalue weighted by molar-refractivity contribution is -0.123. The summed E-state index contributed by atoms with van der Waals surface area (Å²) in [5, 5.41) is 14.0. The van der Waals surface area contributed by atoms with Gasteiger partial charge in [-0.3, -0.25) is 14.5 Å². The second-order valence-corrected chi connectivity index (χ2v) is 3.78. The Morgan fingerprint density at radius 1 is 1.24 bits per heavy atom. The highest BCUT2D eigenvalue weighted by Crippen LogP contribution is 1.90. The molecule has 2 amide bonds. The van der Waals surface area contributed by atoms with Crippen LogP contribution >= 0.6 is 0 Å². The Morgan fingerprint density at radius 2 is 1.88 bits per heavy atom. The molecule has 3 N–H and O–H groups in total. The molecule has 0 saturated heterocycles. The second kappa shape index (κ2) is 10.0. The van der Waals surface area contributed by atoms with Crippen molar-refractivity contribution in [2.75, 3.05) is 39.3 Å². The van der Waals surface area contributed by atoms with Crippen LogP contribution in [0.1, 0.15) is 20.3 Å². The average molecular weight is 245 g/mol. The van der Waals surface area contributed by atoms with Gasteiger partial charge in [-0.25, -0.2) is 0 Å². The molecule has 0 aliphatic rings. The highest BCUT2D eigenvalue weighted by Gasteiger charge is 2.07. The molecule has 0 fully saturated rings. The molecular formula is C11H23N3O3. The molecule has 0 saturated carbocycles. The zero-order valence-corrected chi connectivity index (χ0v) is 10.7. The SMILES string of the molecule is CCN(CCCO)CC(=O)NCCNC(C)=O. The fraction of sp³-hybridized carbons (Fsp3) is 0.818. The highest BCUT2D eigenvalue weighted by molar-refractivity contribution is 5.78. The maximum Gasteiger partial charge on any atom is 0.234 e. The number of likely N-dealkylation sites (N-methyl/N-ethyl adjacent to an activating group) is 1. The Hall–Kier alpha value is -1.14. The number of carbonyl (C=O) groups is 2. The first-order chi connectivity index (χ1) is 8.10. The molecule has 0 aromatic rings. The molecule has 6 heteroatoms. The van der Waals surface area contributed by atoms with Gasteiger partial charge in [-0.15, -0.1) is 0 Å². The Labute approximate surface area is 102 Å². The third kappa shape index (κ3) is 9.77. The van der Waals surface area contributed by atoms with Crippen molar-refractivity contribution in [2.45, 2.75) is 20.3 Å². The largest absolute Gasteiger partial charge is 0.396 e. The molecule has 0 aliphatic heterocycles. The van der Waals surface area contributed by atoms with Crippen LogP contribution in [0.2, 0.25) is 0 Å². The minimum Gasteiger partial charge on any atom is -0.396 e. The van der Waals surface area contributed by atoms with Crippen molar-refractivity contribution in [1.82, 2.24) is 15.5 Å². The molecule has 0 spiro atoms. The second-order valence-electron chi connectivity index (χ2n) is 3.78. The third-order valence-corrected chi connectivity index (χ3v) is 2.27. The van der Waals surface area contributed by atoms with Crippen LogP contribution < -0.4 is 10.6 Å². The molecular weight excluding hydrogens is 222 g/mol. The lowest BCUT2D eigenvalue weighted by Gasteiger charge is -2.19. The first-order valence-corrected chi connectivity index (χ1v) is 5.94. The zero-order valence-electron chi connectivity index (χ0n) is 10.7. The van der Waals surface area contributed by atoms with Gasteiger partial charge < -0.3 is 15.7 Å². The van der Waals surface area contributed by atoms with Gasteiger partial charge in [0.15, 0.2) is 0 Å². The first-order valence-electron chi connectivity index (χ1n) is 5.94. The predicted molar refractivity (Wildman–Crippen MR) is 65.5 cm³/mol. The minimum absolute atomic E-state index is 0.0601. The van der Waals surface area contributed by atoms with Gasteiger partial charge in [0, 0.05) is 33.2 Å². The summed E-state index contributed by atoms with van der Waals surface area (Å²) in [7, 11) is 0. The monoisotopic (exact) mass is 245 g/mol. The van der Waals surface area contributed by atoms with Crippen LogP contribution in [0, 0.1) is 0 Å². The molecule has 17 heavy (non-hydrogen) atoms. The Bertz CT molecular complexity index is 234. The van der Waals surface area contributed by atoms with Gasteiger partial charge in [-0.2, -0.15) is 0 Å². The maximum atomic E-state index is 11.5. The van der Waals surface area contributed by atoms with Gasteiger partial charge >= 0.3 is 0 Å². The topological polar surface area (TPSA) is 81.7 Å². The molecule has 6 nitrogen and oxygen atoms in total. The summed E-state index contributed by atoms with van der Waals surface area (Å²) in [4.78, 5) is 24.0. The van der Waals surface area contributed by atoms with Crippen LogP contribution in [0.4, 0.5) is 0 Å². The standard InChI is InChI=1S/C11H23N3O3/c1-3-14(7-4-8-15)9-11(17)13-6-5-12-10(2)16/h15H,3-9H2,1-2H3,(H,12,16)(H,13,17). The molecule has 0 atom stereocenters. The number of amides is 2. The van der Waals surface area contributed by atoms with Crippen molar-refractivity contribution in [3.8, 4) is 0 Å². The summed E-state index contributed by atoms with van der Waals surface area (Å²) < 4.78 is 0.